The molecular weight excluding hydrogens is 374 g/mol. The second-order valence-corrected chi connectivity index (χ2v) is 7.19. The molecule has 0 spiro atoms. The van der Waals surface area contributed by atoms with Crippen molar-refractivity contribution in [3.8, 4) is 0 Å². The predicted octanol–water partition coefficient (Wildman–Crippen LogP) is 1.37. The van der Waals surface area contributed by atoms with Crippen molar-refractivity contribution in [3.63, 3.8) is 0 Å². The van der Waals surface area contributed by atoms with Gasteiger partial charge in [0.2, 0.25) is 11.8 Å². The van der Waals surface area contributed by atoms with E-state index in [9.17, 15) is 14.4 Å². The number of hydrogen-bond donors (Lipinski definition) is 2. The van der Waals surface area contributed by atoms with Crippen LogP contribution >= 0.6 is 0 Å². The lowest BCUT2D eigenvalue weighted by molar-refractivity contribution is -0.138. The highest BCUT2D eigenvalue weighted by Gasteiger charge is 2.35. The molecule has 1 unspecified atom stereocenters. The Morgan fingerprint density at radius 2 is 2.03 bits per heavy atom. The van der Waals surface area contributed by atoms with Crippen molar-refractivity contribution in [2.45, 2.75) is 45.7 Å². The van der Waals surface area contributed by atoms with Crippen LogP contribution < -0.4 is 10.2 Å². The molecule has 2 aromatic rings. The number of aromatic nitrogens is 3. The van der Waals surface area contributed by atoms with Gasteiger partial charge in [0, 0.05) is 18.7 Å². The molecule has 1 atom stereocenters. The minimum absolute atomic E-state index is 0.0705. The summed E-state index contributed by atoms with van der Waals surface area (Å²) in [6, 6.07) is 7.94. The van der Waals surface area contributed by atoms with Crippen LogP contribution in [0.5, 0.6) is 0 Å². The summed E-state index contributed by atoms with van der Waals surface area (Å²) in [6.45, 7) is 2.34. The van der Waals surface area contributed by atoms with Crippen LogP contribution in [0.3, 0.4) is 0 Å². The fraction of sp³-hybridized carbons (Fsp3) is 0.450. The Labute approximate surface area is 168 Å². The molecule has 9 nitrogen and oxygen atoms in total. The van der Waals surface area contributed by atoms with Crippen molar-refractivity contribution in [1.82, 2.24) is 20.3 Å². The van der Waals surface area contributed by atoms with Crippen molar-refractivity contribution in [1.29, 1.82) is 0 Å². The molecule has 0 aliphatic carbocycles. The van der Waals surface area contributed by atoms with Gasteiger partial charge in [-0.05, 0) is 30.5 Å². The van der Waals surface area contributed by atoms with E-state index in [-0.39, 0.29) is 31.3 Å². The molecule has 1 aromatic heterocycles. The highest BCUT2D eigenvalue weighted by molar-refractivity contribution is 6.00. The zero-order chi connectivity index (χ0) is 20.8. The number of rotatable bonds is 9. The normalized spacial score (nSPS) is 16.2. The van der Waals surface area contributed by atoms with Crippen molar-refractivity contribution in [2.24, 2.45) is 5.92 Å². The molecule has 1 aromatic carbocycles. The van der Waals surface area contributed by atoms with Gasteiger partial charge in [0.1, 0.15) is 12.2 Å². The number of nitrogens with one attached hydrogen (secondary N) is 1. The quantitative estimate of drug-likeness (QED) is 0.658. The number of carboxylic acid groups (broad SMARTS) is 1. The maximum atomic E-state index is 12.5. The van der Waals surface area contributed by atoms with Crippen LogP contribution in [0, 0.1) is 5.92 Å². The van der Waals surface area contributed by atoms with Gasteiger partial charge in [0.05, 0.1) is 18.7 Å². The number of carboxylic acids is 1. The van der Waals surface area contributed by atoms with Crippen molar-refractivity contribution in [3.05, 3.63) is 41.7 Å². The standard InChI is InChI=1S/C20H25N5O4/c1-2-3-4-14-5-7-17(8-6-14)25-11-15(9-18(25)26)20(29)21-10-16-12-24(23-22-16)13-19(27)28/h5-8,12,15H,2-4,9-11,13H2,1H3,(H,21,29)(H,27,28). The van der Waals surface area contributed by atoms with E-state index >= 15 is 0 Å². The molecule has 1 fully saturated rings. The highest BCUT2D eigenvalue weighted by Crippen LogP contribution is 2.26. The second-order valence-electron chi connectivity index (χ2n) is 7.19. The third-order valence-electron chi connectivity index (χ3n) is 4.89. The number of carbonyl (C=O) groups is 3. The van der Waals surface area contributed by atoms with Gasteiger partial charge in [-0.1, -0.05) is 30.7 Å². The number of amides is 2. The first-order valence-corrected chi connectivity index (χ1v) is 9.74. The largest absolute Gasteiger partial charge is 0.480 e. The number of nitrogens with zero attached hydrogens (tertiary/aromatic N) is 4. The van der Waals surface area contributed by atoms with E-state index in [4.69, 9.17) is 5.11 Å². The van der Waals surface area contributed by atoms with Crippen LogP contribution in [0.25, 0.3) is 0 Å². The molecular formula is C20H25N5O4. The summed E-state index contributed by atoms with van der Waals surface area (Å²) >= 11 is 0. The summed E-state index contributed by atoms with van der Waals surface area (Å²) in [5.41, 5.74) is 2.51. The van der Waals surface area contributed by atoms with Gasteiger partial charge in [-0.2, -0.15) is 0 Å². The summed E-state index contributed by atoms with van der Waals surface area (Å²) in [7, 11) is 0. The zero-order valence-corrected chi connectivity index (χ0v) is 16.4. The van der Waals surface area contributed by atoms with Crippen molar-refractivity contribution >= 4 is 23.5 Å². The molecule has 1 aliphatic rings. The molecule has 29 heavy (non-hydrogen) atoms. The lowest BCUT2D eigenvalue weighted by atomic mass is 10.1. The zero-order valence-electron chi connectivity index (χ0n) is 16.4. The topological polar surface area (TPSA) is 117 Å². The molecule has 154 valence electrons. The van der Waals surface area contributed by atoms with E-state index in [1.54, 1.807) is 4.90 Å². The van der Waals surface area contributed by atoms with E-state index < -0.39 is 11.9 Å². The third-order valence-corrected chi connectivity index (χ3v) is 4.89. The number of aryl methyl sites for hydroxylation is 1. The third kappa shape index (κ3) is 5.40. The van der Waals surface area contributed by atoms with Gasteiger partial charge < -0.3 is 15.3 Å². The van der Waals surface area contributed by atoms with Gasteiger partial charge in [-0.25, -0.2) is 4.68 Å². The van der Waals surface area contributed by atoms with Crippen LogP contribution in [0.2, 0.25) is 0 Å². The maximum absolute atomic E-state index is 12.5. The summed E-state index contributed by atoms with van der Waals surface area (Å²) < 4.78 is 1.19. The lowest BCUT2D eigenvalue weighted by Gasteiger charge is -2.17. The van der Waals surface area contributed by atoms with Crippen LogP contribution in [0.15, 0.2) is 30.5 Å². The number of carbonyl (C=O) groups excluding carboxylic acids is 2. The van der Waals surface area contributed by atoms with Gasteiger partial charge in [0.25, 0.3) is 0 Å². The highest BCUT2D eigenvalue weighted by atomic mass is 16.4. The van der Waals surface area contributed by atoms with Gasteiger partial charge in [0.15, 0.2) is 0 Å². The number of benzene rings is 1. The Hall–Kier alpha value is -3.23. The molecule has 0 saturated carbocycles. The average molecular weight is 399 g/mol. The second kappa shape index (κ2) is 9.31. The van der Waals surface area contributed by atoms with Gasteiger partial charge >= 0.3 is 5.97 Å². The molecule has 3 rings (SSSR count). The summed E-state index contributed by atoms with van der Waals surface area (Å²) in [6.07, 6.45) is 4.93. The average Bonchev–Trinajstić information content (AvgIpc) is 3.31. The molecule has 2 heterocycles. The molecule has 9 heteroatoms. The molecule has 1 saturated heterocycles. The summed E-state index contributed by atoms with van der Waals surface area (Å²) in [5, 5.41) is 19.0. The fourth-order valence-electron chi connectivity index (χ4n) is 3.31. The minimum atomic E-state index is -1.02. The lowest BCUT2D eigenvalue weighted by Crippen LogP contribution is -2.32. The van der Waals surface area contributed by atoms with Gasteiger partial charge in [-0.15, -0.1) is 5.10 Å². The van der Waals surface area contributed by atoms with E-state index in [0.29, 0.717) is 12.2 Å². The first-order chi connectivity index (χ1) is 14.0. The predicted molar refractivity (Wildman–Crippen MR) is 105 cm³/mol. The first-order valence-electron chi connectivity index (χ1n) is 9.74. The van der Waals surface area contributed by atoms with E-state index in [1.807, 2.05) is 24.3 Å². The first kappa shape index (κ1) is 20.5. The van der Waals surface area contributed by atoms with E-state index in [0.717, 1.165) is 24.9 Å². The Balaban J connectivity index is 1.53. The van der Waals surface area contributed by atoms with Crippen molar-refractivity contribution < 1.29 is 19.5 Å². The number of aliphatic carboxylic acids is 1. The smallest absolute Gasteiger partial charge is 0.325 e. The van der Waals surface area contributed by atoms with E-state index in [2.05, 4.69) is 22.6 Å². The SMILES string of the molecule is CCCCc1ccc(N2CC(C(=O)NCc3cn(CC(=O)O)nn3)CC2=O)cc1. The molecule has 2 amide bonds. The van der Waals surface area contributed by atoms with Crippen LogP contribution in [-0.2, 0) is 33.9 Å². The Morgan fingerprint density at radius 1 is 1.28 bits per heavy atom. The maximum Gasteiger partial charge on any atom is 0.325 e. The van der Waals surface area contributed by atoms with E-state index in [1.165, 1.54) is 16.4 Å². The molecule has 0 radical (unpaired) electrons. The number of unbranched alkanes of at least 4 members (excludes halogenated alkanes) is 1. The molecule has 0 bridgehead atoms. The fourth-order valence-corrected chi connectivity index (χ4v) is 3.31. The van der Waals surface area contributed by atoms with Crippen LogP contribution in [-0.4, -0.2) is 44.4 Å². The number of anilines is 1. The Bertz CT molecular complexity index is 877. The monoisotopic (exact) mass is 399 g/mol. The van der Waals surface area contributed by atoms with Crippen LogP contribution in [0.1, 0.15) is 37.4 Å². The molecule has 1 aliphatic heterocycles. The summed E-state index contributed by atoms with van der Waals surface area (Å²) in [5.74, 6) is -1.75. The van der Waals surface area contributed by atoms with Crippen molar-refractivity contribution in [2.75, 3.05) is 11.4 Å². The number of hydrogen-bond acceptors (Lipinski definition) is 5. The Kier molecular flexibility index (Phi) is 6.58. The minimum Gasteiger partial charge on any atom is -0.480 e. The van der Waals surface area contributed by atoms with Crippen LogP contribution in [0.4, 0.5) is 5.69 Å². The van der Waals surface area contributed by atoms with Gasteiger partial charge in [-0.3, -0.25) is 14.4 Å². The summed E-state index contributed by atoms with van der Waals surface area (Å²) in [4.78, 5) is 37.2. The molecule has 2 N–H and O–H groups in total. The Morgan fingerprint density at radius 3 is 2.72 bits per heavy atom.